The molecule has 0 fully saturated rings. The molecule has 0 bridgehead atoms. The molecule has 0 aliphatic carbocycles. The van der Waals surface area contributed by atoms with Crippen LogP contribution in [0.25, 0.3) is 0 Å². The van der Waals surface area contributed by atoms with E-state index in [-0.39, 0.29) is 11.9 Å². The van der Waals surface area contributed by atoms with Crippen LogP contribution in [0.15, 0.2) is 29.0 Å². The molecule has 2 aromatic rings. The summed E-state index contributed by atoms with van der Waals surface area (Å²) in [7, 11) is 0. The minimum Gasteiger partial charge on any atom is -0.324 e. The van der Waals surface area contributed by atoms with Crippen molar-refractivity contribution >= 4 is 15.9 Å². The molecule has 1 aromatic heterocycles. The minimum atomic E-state index is -0.289. The van der Waals surface area contributed by atoms with Gasteiger partial charge in [-0.05, 0) is 40.5 Å². The number of aromatic nitrogens is 3. The molecule has 0 radical (unpaired) electrons. The van der Waals surface area contributed by atoms with E-state index in [1.807, 2.05) is 6.92 Å². The largest absolute Gasteiger partial charge is 0.324 e. The Morgan fingerprint density at radius 2 is 2.28 bits per heavy atom. The van der Waals surface area contributed by atoms with E-state index in [4.69, 9.17) is 5.73 Å². The van der Waals surface area contributed by atoms with Gasteiger partial charge in [-0.15, -0.1) is 0 Å². The van der Waals surface area contributed by atoms with Crippen molar-refractivity contribution in [3.05, 3.63) is 46.2 Å². The lowest BCUT2D eigenvalue weighted by molar-refractivity contribution is 0.579. The fourth-order valence-electron chi connectivity index (χ4n) is 1.77. The van der Waals surface area contributed by atoms with Crippen molar-refractivity contribution in [2.75, 3.05) is 0 Å². The zero-order valence-electron chi connectivity index (χ0n) is 9.98. The molecule has 18 heavy (non-hydrogen) atoms. The van der Waals surface area contributed by atoms with Crippen molar-refractivity contribution in [2.45, 2.75) is 25.9 Å². The fourth-order valence-corrected chi connectivity index (χ4v) is 2.16. The van der Waals surface area contributed by atoms with Crippen molar-refractivity contribution in [3.63, 3.8) is 0 Å². The first-order valence-electron chi connectivity index (χ1n) is 5.69. The van der Waals surface area contributed by atoms with Crippen LogP contribution in [-0.2, 0) is 13.0 Å². The van der Waals surface area contributed by atoms with Crippen LogP contribution >= 0.6 is 15.9 Å². The number of nitrogens with two attached hydrogens (primary N) is 1. The van der Waals surface area contributed by atoms with Crippen LogP contribution in [0, 0.1) is 5.82 Å². The van der Waals surface area contributed by atoms with E-state index in [1.54, 1.807) is 16.8 Å². The van der Waals surface area contributed by atoms with Gasteiger partial charge in [0.25, 0.3) is 0 Å². The molecule has 0 aliphatic heterocycles. The molecular weight excluding hydrogens is 299 g/mol. The van der Waals surface area contributed by atoms with Gasteiger partial charge in [0, 0.05) is 19.0 Å². The first-order chi connectivity index (χ1) is 8.61. The average molecular weight is 313 g/mol. The van der Waals surface area contributed by atoms with E-state index in [0.29, 0.717) is 10.9 Å². The molecule has 1 unspecified atom stereocenters. The van der Waals surface area contributed by atoms with Gasteiger partial charge in [0.2, 0.25) is 0 Å². The highest BCUT2D eigenvalue weighted by atomic mass is 79.9. The van der Waals surface area contributed by atoms with E-state index in [2.05, 4.69) is 26.0 Å². The van der Waals surface area contributed by atoms with E-state index in [1.165, 1.54) is 12.4 Å². The summed E-state index contributed by atoms with van der Waals surface area (Å²) in [4.78, 5) is 4.18. The topological polar surface area (TPSA) is 56.7 Å². The summed E-state index contributed by atoms with van der Waals surface area (Å²) in [6, 6.07) is 4.57. The number of nitrogens with zero attached hydrogens (tertiary/aromatic N) is 3. The number of hydrogen-bond acceptors (Lipinski definition) is 3. The third-order valence-corrected chi connectivity index (χ3v) is 3.38. The first kappa shape index (κ1) is 13.2. The quantitative estimate of drug-likeness (QED) is 0.943. The fraction of sp³-hybridized carbons (Fsp3) is 0.333. The van der Waals surface area contributed by atoms with Gasteiger partial charge < -0.3 is 5.73 Å². The van der Waals surface area contributed by atoms with Crippen molar-refractivity contribution in [1.29, 1.82) is 0 Å². The van der Waals surface area contributed by atoms with Gasteiger partial charge >= 0.3 is 0 Å². The van der Waals surface area contributed by atoms with Gasteiger partial charge in [-0.25, -0.2) is 9.37 Å². The van der Waals surface area contributed by atoms with Crippen molar-refractivity contribution < 1.29 is 4.39 Å². The Labute approximate surface area is 113 Å². The number of benzene rings is 1. The Bertz CT molecular complexity index is 541. The molecule has 1 aromatic carbocycles. The van der Waals surface area contributed by atoms with Crippen LogP contribution in [0.3, 0.4) is 0 Å². The first-order valence-corrected chi connectivity index (χ1v) is 6.48. The molecule has 1 atom stereocenters. The second-order valence-corrected chi connectivity index (χ2v) is 4.83. The van der Waals surface area contributed by atoms with Gasteiger partial charge in [0.1, 0.15) is 18.0 Å². The molecule has 0 saturated carbocycles. The van der Waals surface area contributed by atoms with Crippen molar-refractivity contribution in [1.82, 2.24) is 14.8 Å². The highest BCUT2D eigenvalue weighted by Gasteiger charge is 2.12. The Morgan fingerprint density at radius 1 is 1.50 bits per heavy atom. The Kier molecular flexibility index (Phi) is 4.08. The van der Waals surface area contributed by atoms with Crippen LogP contribution in [0.2, 0.25) is 0 Å². The number of rotatable bonds is 4. The summed E-state index contributed by atoms with van der Waals surface area (Å²) in [6.45, 7) is 2.76. The zero-order chi connectivity index (χ0) is 13.1. The molecule has 0 spiro atoms. The standard InChI is InChI=1S/C12H14BrFN4/c1-2-18-12(16-7-17-18)6-11(15)8-3-4-10(14)9(13)5-8/h3-5,7,11H,2,6,15H2,1H3. The van der Waals surface area contributed by atoms with Crippen LogP contribution in [-0.4, -0.2) is 14.8 Å². The maximum atomic E-state index is 13.1. The molecule has 2 N–H and O–H groups in total. The summed E-state index contributed by atoms with van der Waals surface area (Å²) in [5.41, 5.74) is 6.97. The highest BCUT2D eigenvalue weighted by molar-refractivity contribution is 9.10. The van der Waals surface area contributed by atoms with E-state index >= 15 is 0 Å². The van der Waals surface area contributed by atoms with Crippen molar-refractivity contribution in [2.24, 2.45) is 5.73 Å². The van der Waals surface area contributed by atoms with E-state index in [0.717, 1.165) is 17.9 Å². The zero-order valence-corrected chi connectivity index (χ0v) is 11.6. The predicted molar refractivity (Wildman–Crippen MR) is 70.4 cm³/mol. The molecule has 1 heterocycles. The number of aryl methyl sites for hydroxylation is 1. The summed E-state index contributed by atoms with van der Waals surface area (Å²) in [5, 5.41) is 4.09. The van der Waals surface area contributed by atoms with Gasteiger partial charge in [-0.2, -0.15) is 5.10 Å². The van der Waals surface area contributed by atoms with Gasteiger partial charge in [-0.3, -0.25) is 4.68 Å². The lowest BCUT2D eigenvalue weighted by Crippen LogP contribution is -2.17. The van der Waals surface area contributed by atoms with Crippen LogP contribution in [0.1, 0.15) is 24.4 Å². The number of hydrogen-bond donors (Lipinski definition) is 1. The lowest BCUT2D eigenvalue weighted by atomic mass is 10.0. The molecule has 0 saturated heterocycles. The number of halogens is 2. The van der Waals surface area contributed by atoms with Gasteiger partial charge in [-0.1, -0.05) is 6.07 Å². The molecular formula is C12H14BrFN4. The Morgan fingerprint density at radius 3 is 2.94 bits per heavy atom. The second-order valence-electron chi connectivity index (χ2n) is 3.98. The maximum absolute atomic E-state index is 13.1. The van der Waals surface area contributed by atoms with Crippen LogP contribution < -0.4 is 5.73 Å². The SMILES string of the molecule is CCn1ncnc1CC(N)c1ccc(F)c(Br)c1. The molecule has 96 valence electrons. The third-order valence-electron chi connectivity index (χ3n) is 2.77. The molecule has 6 heteroatoms. The Hall–Kier alpha value is -1.27. The van der Waals surface area contributed by atoms with Gasteiger partial charge in [0.15, 0.2) is 0 Å². The minimum absolute atomic E-state index is 0.226. The van der Waals surface area contributed by atoms with Crippen molar-refractivity contribution in [3.8, 4) is 0 Å². The molecule has 4 nitrogen and oxygen atoms in total. The lowest BCUT2D eigenvalue weighted by Gasteiger charge is -2.12. The summed E-state index contributed by atoms with van der Waals surface area (Å²) < 4.78 is 15.4. The molecule has 0 amide bonds. The van der Waals surface area contributed by atoms with Gasteiger partial charge in [0.05, 0.1) is 4.47 Å². The van der Waals surface area contributed by atoms with E-state index < -0.39 is 0 Å². The van der Waals surface area contributed by atoms with Crippen LogP contribution in [0.4, 0.5) is 4.39 Å². The highest BCUT2D eigenvalue weighted by Crippen LogP contribution is 2.22. The molecule has 2 rings (SSSR count). The second kappa shape index (κ2) is 5.58. The predicted octanol–water partition coefficient (Wildman–Crippen LogP) is 2.44. The maximum Gasteiger partial charge on any atom is 0.138 e. The summed E-state index contributed by atoms with van der Waals surface area (Å²) >= 11 is 3.16. The van der Waals surface area contributed by atoms with Crippen LogP contribution in [0.5, 0.6) is 0 Å². The monoisotopic (exact) mass is 312 g/mol. The smallest absolute Gasteiger partial charge is 0.138 e. The normalized spacial score (nSPS) is 12.7. The average Bonchev–Trinajstić information content (AvgIpc) is 2.79. The third kappa shape index (κ3) is 2.76. The summed E-state index contributed by atoms with van der Waals surface area (Å²) in [6.07, 6.45) is 2.10. The van der Waals surface area contributed by atoms with E-state index in [9.17, 15) is 4.39 Å². The summed E-state index contributed by atoms with van der Waals surface area (Å²) in [5.74, 6) is 0.549. The Balaban J connectivity index is 2.16. The molecule has 0 aliphatic rings.